The van der Waals surface area contributed by atoms with E-state index in [1.807, 2.05) is 30.3 Å². The Hall–Kier alpha value is -1.70. The third-order valence-corrected chi connectivity index (χ3v) is 6.47. The van der Waals surface area contributed by atoms with Crippen molar-refractivity contribution in [2.45, 2.75) is 43.7 Å². The van der Waals surface area contributed by atoms with E-state index < -0.39 is 10.0 Å². The van der Waals surface area contributed by atoms with Crippen molar-refractivity contribution in [2.75, 3.05) is 0 Å². The van der Waals surface area contributed by atoms with Gasteiger partial charge in [-0.05, 0) is 38.2 Å². The first-order chi connectivity index (χ1) is 11.3. The van der Waals surface area contributed by atoms with Crippen LogP contribution in [0.3, 0.4) is 0 Å². The smallest absolute Gasteiger partial charge is 0.244 e. The van der Waals surface area contributed by atoms with E-state index in [0.717, 1.165) is 5.56 Å². The first-order valence-corrected chi connectivity index (χ1v) is 9.53. The summed E-state index contributed by atoms with van der Waals surface area (Å²) in [6, 6.07) is 9.18. The second kappa shape index (κ2) is 6.31. The maximum absolute atomic E-state index is 13.0. The van der Waals surface area contributed by atoms with E-state index in [-0.39, 0.29) is 23.0 Å². The fraction of sp³-hybridized carbons (Fsp3) is 0.471. The molecule has 1 aromatic heterocycles. The van der Waals surface area contributed by atoms with Crippen LogP contribution in [0, 0.1) is 19.8 Å². The quantitative estimate of drug-likeness (QED) is 0.862. The van der Waals surface area contributed by atoms with Crippen LogP contribution in [0.4, 0.5) is 0 Å². The van der Waals surface area contributed by atoms with E-state index >= 15 is 0 Å². The lowest BCUT2D eigenvalue weighted by molar-refractivity contribution is 0.0280. The van der Waals surface area contributed by atoms with Gasteiger partial charge >= 0.3 is 0 Å². The number of rotatable bonds is 5. The van der Waals surface area contributed by atoms with Gasteiger partial charge in [-0.2, -0.15) is 5.10 Å². The summed E-state index contributed by atoms with van der Waals surface area (Å²) >= 11 is 0. The third kappa shape index (κ3) is 3.11. The van der Waals surface area contributed by atoms with Gasteiger partial charge in [0, 0.05) is 13.1 Å². The number of nitrogens with zero attached hydrogens (tertiary/aromatic N) is 2. The predicted octanol–water partition coefficient (Wildman–Crippen LogP) is 1.83. The van der Waals surface area contributed by atoms with Gasteiger partial charge < -0.3 is 5.11 Å². The summed E-state index contributed by atoms with van der Waals surface area (Å²) in [6.07, 6.45) is 0.868. The molecule has 6 nitrogen and oxygen atoms in total. The van der Waals surface area contributed by atoms with Crippen molar-refractivity contribution in [2.24, 2.45) is 13.0 Å². The number of aromatic nitrogens is 2. The Morgan fingerprint density at radius 2 is 1.88 bits per heavy atom. The molecule has 1 fully saturated rings. The van der Waals surface area contributed by atoms with Gasteiger partial charge in [0.2, 0.25) is 10.0 Å². The minimum absolute atomic E-state index is 0.0921. The van der Waals surface area contributed by atoms with E-state index in [1.54, 1.807) is 25.6 Å². The van der Waals surface area contributed by atoms with Gasteiger partial charge in [0.25, 0.3) is 0 Å². The number of hydrogen-bond donors (Lipinski definition) is 2. The van der Waals surface area contributed by atoms with Gasteiger partial charge in [-0.15, -0.1) is 0 Å². The number of sulfonamides is 1. The lowest BCUT2D eigenvalue weighted by Crippen LogP contribution is -2.41. The van der Waals surface area contributed by atoms with Gasteiger partial charge in [0.05, 0.1) is 17.5 Å². The standard InChI is InChI=1S/C17H23N3O3S/c1-11-17(12(2)20(3)18-11)24(22,23)19-16(14-9-15(21)10-14)13-7-5-4-6-8-13/h4-8,14-16,19,21H,9-10H2,1-3H3. The number of aryl methyl sites for hydroxylation is 2. The molecule has 0 saturated heterocycles. The van der Waals surface area contributed by atoms with E-state index in [9.17, 15) is 13.5 Å². The van der Waals surface area contributed by atoms with Crippen LogP contribution >= 0.6 is 0 Å². The molecule has 1 saturated carbocycles. The lowest BCUT2D eigenvalue weighted by atomic mass is 9.75. The Morgan fingerprint density at radius 1 is 1.25 bits per heavy atom. The van der Waals surface area contributed by atoms with E-state index in [1.165, 1.54) is 0 Å². The molecule has 1 heterocycles. The maximum Gasteiger partial charge on any atom is 0.244 e. The number of hydrogen-bond acceptors (Lipinski definition) is 4. The largest absolute Gasteiger partial charge is 0.393 e. The number of nitrogens with one attached hydrogen (secondary N) is 1. The molecule has 24 heavy (non-hydrogen) atoms. The molecule has 2 aromatic rings. The molecule has 7 heteroatoms. The zero-order valence-electron chi connectivity index (χ0n) is 14.1. The van der Waals surface area contributed by atoms with Crippen molar-refractivity contribution in [1.29, 1.82) is 0 Å². The molecule has 2 N–H and O–H groups in total. The van der Waals surface area contributed by atoms with Gasteiger partial charge in [-0.25, -0.2) is 13.1 Å². The maximum atomic E-state index is 13.0. The minimum Gasteiger partial charge on any atom is -0.393 e. The molecule has 1 aliphatic carbocycles. The molecule has 1 aromatic carbocycles. The van der Waals surface area contributed by atoms with Crippen LogP contribution in [0.15, 0.2) is 35.2 Å². The average Bonchev–Trinajstić information content (AvgIpc) is 2.76. The summed E-state index contributed by atoms with van der Waals surface area (Å²) in [7, 11) is -1.97. The minimum atomic E-state index is -3.70. The fourth-order valence-electron chi connectivity index (χ4n) is 3.37. The van der Waals surface area contributed by atoms with Crippen molar-refractivity contribution in [3.63, 3.8) is 0 Å². The van der Waals surface area contributed by atoms with Crippen LogP contribution in [0.2, 0.25) is 0 Å². The second-order valence-corrected chi connectivity index (χ2v) is 8.17. The highest BCUT2D eigenvalue weighted by Crippen LogP contribution is 2.39. The highest BCUT2D eigenvalue weighted by atomic mass is 32.2. The van der Waals surface area contributed by atoms with E-state index in [2.05, 4.69) is 9.82 Å². The summed E-state index contributed by atoms with van der Waals surface area (Å²) in [4.78, 5) is 0.241. The van der Waals surface area contributed by atoms with Crippen LogP contribution in [0.1, 0.15) is 35.8 Å². The Bertz CT molecular complexity index is 824. The van der Waals surface area contributed by atoms with E-state index in [4.69, 9.17) is 0 Å². The first kappa shape index (κ1) is 17.1. The molecule has 0 amide bonds. The predicted molar refractivity (Wildman–Crippen MR) is 90.9 cm³/mol. The summed E-state index contributed by atoms with van der Waals surface area (Å²) in [5, 5.41) is 13.8. The highest BCUT2D eigenvalue weighted by Gasteiger charge is 2.38. The number of aliphatic hydroxyl groups is 1. The van der Waals surface area contributed by atoms with Crippen molar-refractivity contribution >= 4 is 10.0 Å². The molecule has 0 spiro atoms. The van der Waals surface area contributed by atoms with Gasteiger partial charge in [0.1, 0.15) is 4.90 Å². The van der Waals surface area contributed by atoms with Crippen LogP contribution in [0.25, 0.3) is 0 Å². The zero-order chi connectivity index (χ0) is 17.5. The fourth-order valence-corrected chi connectivity index (χ4v) is 5.10. The summed E-state index contributed by atoms with van der Waals surface area (Å²) in [6.45, 7) is 3.45. The molecule has 1 aliphatic rings. The van der Waals surface area contributed by atoms with Crippen molar-refractivity contribution < 1.29 is 13.5 Å². The Morgan fingerprint density at radius 3 is 2.38 bits per heavy atom. The third-order valence-electron chi connectivity index (χ3n) is 4.77. The molecule has 0 aliphatic heterocycles. The molecule has 1 unspecified atom stereocenters. The van der Waals surface area contributed by atoms with Crippen molar-refractivity contribution in [3.8, 4) is 0 Å². The van der Waals surface area contributed by atoms with Crippen molar-refractivity contribution in [3.05, 3.63) is 47.3 Å². The molecule has 0 radical (unpaired) electrons. The van der Waals surface area contributed by atoms with Crippen LogP contribution in [0.5, 0.6) is 0 Å². The zero-order valence-corrected chi connectivity index (χ0v) is 14.9. The Kier molecular flexibility index (Phi) is 4.50. The summed E-state index contributed by atoms with van der Waals surface area (Å²) < 4.78 is 30.4. The lowest BCUT2D eigenvalue weighted by Gasteiger charge is -2.38. The van der Waals surface area contributed by atoms with Crippen molar-refractivity contribution in [1.82, 2.24) is 14.5 Å². The van der Waals surface area contributed by atoms with Gasteiger partial charge in [-0.3, -0.25) is 4.68 Å². The normalized spacial score (nSPS) is 22.2. The summed E-state index contributed by atoms with van der Waals surface area (Å²) in [5.74, 6) is 0.0921. The average molecular weight is 349 g/mol. The molecule has 1 atom stereocenters. The summed E-state index contributed by atoms with van der Waals surface area (Å²) in [5.41, 5.74) is 2.01. The SMILES string of the molecule is Cc1nn(C)c(C)c1S(=O)(=O)NC(c1ccccc1)C1CC(O)C1. The first-order valence-electron chi connectivity index (χ1n) is 8.05. The van der Waals surface area contributed by atoms with Crippen LogP contribution in [-0.4, -0.2) is 29.4 Å². The highest BCUT2D eigenvalue weighted by molar-refractivity contribution is 7.89. The number of benzene rings is 1. The topological polar surface area (TPSA) is 84.2 Å². The molecule has 0 bridgehead atoms. The van der Waals surface area contributed by atoms with Gasteiger partial charge in [0.15, 0.2) is 0 Å². The van der Waals surface area contributed by atoms with E-state index in [0.29, 0.717) is 24.2 Å². The van der Waals surface area contributed by atoms with Crippen LogP contribution in [-0.2, 0) is 17.1 Å². The molecule has 3 rings (SSSR count). The Labute approximate surface area is 142 Å². The van der Waals surface area contributed by atoms with Gasteiger partial charge in [-0.1, -0.05) is 30.3 Å². The number of aliphatic hydroxyl groups excluding tert-OH is 1. The van der Waals surface area contributed by atoms with Crippen LogP contribution < -0.4 is 4.72 Å². The second-order valence-electron chi connectivity index (χ2n) is 6.52. The Balaban J connectivity index is 1.95. The molecule has 130 valence electrons. The molecular formula is C17H23N3O3S. The molecular weight excluding hydrogens is 326 g/mol. The monoisotopic (exact) mass is 349 g/mol.